The minimum absolute atomic E-state index is 0.0646. The monoisotopic (exact) mass is 317 g/mol. The molecule has 2 fully saturated rings. The van der Waals surface area contributed by atoms with Crippen LogP contribution in [0.2, 0.25) is 0 Å². The van der Waals surface area contributed by atoms with Crippen molar-refractivity contribution in [1.82, 2.24) is 10.3 Å². The Labute approximate surface area is 138 Å². The van der Waals surface area contributed by atoms with Crippen molar-refractivity contribution in [1.29, 1.82) is 0 Å². The molecule has 1 N–H and O–H groups in total. The number of piperidine rings is 1. The number of hydrogen-bond acceptors (Lipinski definition) is 4. The summed E-state index contributed by atoms with van der Waals surface area (Å²) >= 11 is 0. The van der Waals surface area contributed by atoms with E-state index in [2.05, 4.69) is 22.1 Å². The fourth-order valence-corrected chi connectivity index (χ4v) is 3.53. The highest BCUT2D eigenvalue weighted by molar-refractivity contribution is 5.94. The van der Waals surface area contributed by atoms with Crippen molar-refractivity contribution in [2.75, 3.05) is 24.6 Å². The first kappa shape index (κ1) is 16.2. The molecule has 0 spiro atoms. The van der Waals surface area contributed by atoms with Gasteiger partial charge in [-0.2, -0.15) is 0 Å². The van der Waals surface area contributed by atoms with Gasteiger partial charge in [0.15, 0.2) is 0 Å². The van der Waals surface area contributed by atoms with Gasteiger partial charge in [-0.1, -0.05) is 6.92 Å². The highest BCUT2D eigenvalue weighted by Gasteiger charge is 2.22. The first-order valence-corrected chi connectivity index (χ1v) is 8.90. The van der Waals surface area contributed by atoms with Crippen molar-refractivity contribution in [3.8, 4) is 0 Å². The number of carbonyl (C=O) groups is 1. The number of rotatable bonds is 5. The highest BCUT2D eigenvalue weighted by Crippen LogP contribution is 2.24. The summed E-state index contributed by atoms with van der Waals surface area (Å²) in [6, 6.07) is 4.44. The lowest BCUT2D eigenvalue weighted by atomic mass is 10.00. The van der Waals surface area contributed by atoms with Crippen LogP contribution in [0, 0.1) is 0 Å². The number of ether oxygens (including phenoxy) is 1. The van der Waals surface area contributed by atoms with Crippen molar-refractivity contribution in [3.63, 3.8) is 0 Å². The van der Waals surface area contributed by atoms with Crippen molar-refractivity contribution in [2.24, 2.45) is 0 Å². The molecule has 2 aliphatic heterocycles. The van der Waals surface area contributed by atoms with Crippen LogP contribution < -0.4 is 10.2 Å². The fraction of sp³-hybridized carbons (Fsp3) is 0.667. The molecular weight excluding hydrogens is 290 g/mol. The molecule has 0 bridgehead atoms. The van der Waals surface area contributed by atoms with E-state index in [1.165, 1.54) is 19.3 Å². The van der Waals surface area contributed by atoms with Crippen molar-refractivity contribution in [3.05, 3.63) is 23.9 Å². The molecule has 1 aromatic heterocycles. The Kier molecular flexibility index (Phi) is 5.49. The zero-order chi connectivity index (χ0) is 16.1. The molecule has 23 heavy (non-hydrogen) atoms. The van der Waals surface area contributed by atoms with Crippen LogP contribution in [0.5, 0.6) is 0 Å². The van der Waals surface area contributed by atoms with E-state index in [0.717, 1.165) is 38.2 Å². The van der Waals surface area contributed by atoms with Gasteiger partial charge in [-0.15, -0.1) is 0 Å². The lowest BCUT2D eigenvalue weighted by Gasteiger charge is -2.36. The minimum atomic E-state index is -0.0646. The Hall–Kier alpha value is -1.62. The Balaban J connectivity index is 1.58. The second kappa shape index (κ2) is 7.77. The number of aromatic nitrogens is 1. The molecule has 126 valence electrons. The van der Waals surface area contributed by atoms with Gasteiger partial charge in [0.25, 0.3) is 5.91 Å². The Morgan fingerprint density at radius 2 is 2.26 bits per heavy atom. The molecule has 0 saturated carbocycles. The predicted octanol–water partition coefficient (Wildman–Crippen LogP) is 2.76. The molecule has 2 unspecified atom stereocenters. The molecular formula is C18H27N3O2. The topological polar surface area (TPSA) is 54.5 Å². The summed E-state index contributed by atoms with van der Waals surface area (Å²) in [6.45, 7) is 4.70. The third kappa shape index (κ3) is 4.02. The fourth-order valence-electron chi connectivity index (χ4n) is 3.53. The van der Waals surface area contributed by atoms with E-state index >= 15 is 0 Å². The van der Waals surface area contributed by atoms with Gasteiger partial charge in [0.1, 0.15) is 5.82 Å². The Bertz CT molecular complexity index is 512. The van der Waals surface area contributed by atoms with Crippen LogP contribution in [0.1, 0.15) is 55.8 Å². The lowest BCUT2D eigenvalue weighted by Crippen LogP contribution is -2.39. The molecule has 0 aromatic carbocycles. The van der Waals surface area contributed by atoms with Gasteiger partial charge in [-0.25, -0.2) is 4.98 Å². The van der Waals surface area contributed by atoms with Crippen LogP contribution in [0.25, 0.3) is 0 Å². The van der Waals surface area contributed by atoms with E-state index in [-0.39, 0.29) is 12.0 Å². The quantitative estimate of drug-likeness (QED) is 0.907. The number of nitrogens with zero attached hydrogens (tertiary/aromatic N) is 2. The van der Waals surface area contributed by atoms with Crippen LogP contribution in [-0.4, -0.2) is 42.7 Å². The number of amides is 1. The molecule has 0 radical (unpaired) electrons. The SMILES string of the molecule is CCC1CCCCN1c1ccc(C(=O)NCC2CCCO2)cn1. The maximum Gasteiger partial charge on any atom is 0.252 e. The largest absolute Gasteiger partial charge is 0.376 e. The number of carbonyl (C=O) groups excluding carboxylic acids is 1. The first-order chi connectivity index (χ1) is 11.3. The van der Waals surface area contributed by atoms with Crippen LogP contribution in [-0.2, 0) is 4.74 Å². The van der Waals surface area contributed by atoms with E-state index in [9.17, 15) is 4.79 Å². The smallest absolute Gasteiger partial charge is 0.252 e. The van der Waals surface area contributed by atoms with Gasteiger partial charge >= 0.3 is 0 Å². The van der Waals surface area contributed by atoms with Crippen LogP contribution >= 0.6 is 0 Å². The van der Waals surface area contributed by atoms with Crippen LogP contribution in [0.4, 0.5) is 5.82 Å². The average Bonchev–Trinajstić information content (AvgIpc) is 3.13. The summed E-state index contributed by atoms with van der Waals surface area (Å²) in [5, 5.41) is 2.94. The van der Waals surface area contributed by atoms with Gasteiger partial charge in [0, 0.05) is 31.9 Å². The summed E-state index contributed by atoms with van der Waals surface area (Å²) in [5.41, 5.74) is 0.622. The molecule has 2 aliphatic rings. The number of nitrogens with one attached hydrogen (secondary N) is 1. The number of hydrogen-bond donors (Lipinski definition) is 1. The number of anilines is 1. The van der Waals surface area contributed by atoms with Crippen LogP contribution in [0.3, 0.4) is 0 Å². The highest BCUT2D eigenvalue weighted by atomic mass is 16.5. The summed E-state index contributed by atoms with van der Waals surface area (Å²) in [6.07, 6.45) is 8.90. The maximum absolute atomic E-state index is 12.2. The molecule has 3 heterocycles. The normalized spacial score (nSPS) is 24.7. The lowest BCUT2D eigenvalue weighted by molar-refractivity contribution is 0.0857. The van der Waals surface area contributed by atoms with Gasteiger partial charge in [0.05, 0.1) is 11.7 Å². The second-order valence-electron chi connectivity index (χ2n) is 6.50. The molecule has 0 aliphatic carbocycles. The summed E-state index contributed by atoms with van der Waals surface area (Å²) in [5.74, 6) is 0.928. The van der Waals surface area contributed by atoms with Gasteiger partial charge in [-0.05, 0) is 50.7 Å². The molecule has 2 saturated heterocycles. The van der Waals surface area contributed by atoms with E-state index in [0.29, 0.717) is 18.2 Å². The minimum Gasteiger partial charge on any atom is -0.376 e. The van der Waals surface area contributed by atoms with Crippen molar-refractivity contribution >= 4 is 11.7 Å². The van der Waals surface area contributed by atoms with Crippen molar-refractivity contribution in [2.45, 2.75) is 57.6 Å². The van der Waals surface area contributed by atoms with Gasteiger partial charge < -0.3 is 15.0 Å². The molecule has 3 rings (SSSR count). The van der Waals surface area contributed by atoms with E-state index < -0.39 is 0 Å². The zero-order valence-corrected chi connectivity index (χ0v) is 14.0. The average molecular weight is 317 g/mol. The Morgan fingerprint density at radius 3 is 2.96 bits per heavy atom. The molecule has 5 heteroatoms. The third-order valence-electron chi connectivity index (χ3n) is 4.92. The second-order valence-corrected chi connectivity index (χ2v) is 6.50. The standard InChI is InChI=1S/C18H27N3O2/c1-2-15-6-3-4-10-21(15)17-9-8-14(12-19-17)18(22)20-13-16-7-5-11-23-16/h8-9,12,15-16H,2-7,10-11,13H2,1H3,(H,20,22). The summed E-state index contributed by atoms with van der Waals surface area (Å²) < 4.78 is 5.52. The third-order valence-corrected chi connectivity index (χ3v) is 4.92. The Morgan fingerprint density at radius 1 is 1.35 bits per heavy atom. The number of pyridine rings is 1. The summed E-state index contributed by atoms with van der Waals surface area (Å²) in [4.78, 5) is 19.1. The van der Waals surface area contributed by atoms with E-state index in [4.69, 9.17) is 4.74 Å². The van der Waals surface area contributed by atoms with Gasteiger partial charge in [-0.3, -0.25) is 4.79 Å². The maximum atomic E-state index is 12.2. The molecule has 5 nitrogen and oxygen atoms in total. The molecule has 1 amide bonds. The molecule has 2 atom stereocenters. The van der Waals surface area contributed by atoms with E-state index in [1.54, 1.807) is 6.20 Å². The summed E-state index contributed by atoms with van der Waals surface area (Å²) in [7, 11) is 0. The van der Waals surface area contributed by atoms with Crippen molar-refractivity contribution < 1.29 is 9.53 Å². The molecule has 1 aromatic rings. The zero-order valence-electron chi connectivity index (χ0n) is 14.0. The van der Waals surface area contributed by atoms with Gasteiger partial charge in [0.2, 0.25) is 0 Å². The first-order valence-electron chi connectivity index (χ1n) is 8.90. The predicted molar refractivity (Wildman–Crippen MR) is 90.8 cm³/mol. The van der Waals surface area contributed by atoms with E-state index in [1.807, 2.05) is 12.1 Å². The van der Waals surface area contributed by atoms with Crippen LogP contribution in [0.15, 0.2) is 18.3 Å².